The first-order chi connectivity index (χ1) is 9.71. The van der Waals surface area contributed by atoms with Gasteiger partial charge in [0.25, 0.3) is 0 Å². The van der Waals surface area contributed by atoms with Crippen molar-refractivity contribution < 1.29 is 19.0 Å². The molecule has 1 amide bonds. The minimum Gasteiger partial charge on any atom is -0.493 e. The third-order valence-electron chi connectivity index (χ3n) is 2.38. The maximum Gasteiger partial charge on any atom is 0.417 e. The Bertz CT molecular complexity index is 429. The maximum absolute atomic E-state index is 11.0. The number of methoxy groups -OCH3 is 2. The highest BCUT2D eigenvalue weighted by Gasteiger charge is 2.05. The van der Waals surface area contributed by atoms with Crippen molar-refractivity contribution in [3.63, 3.8) is 0 Å². The van der Waals surface area contributed by atoms with Gasteiger partial charge in [-0.2, -0.15) is 0 Å². The van der Waals surface area contributed by atoms with Crippen molar-refractivity contribution in [1.29, 1.82) is 0 Å². The van der Waals surface area contributed by atoms with Gasteiger partial charge in [-0.05, 0) is 31.0 Å². The number of hydrogen-bond acceptors (Lipinski definition) is 6. The summed E-state index contributed by atoms with van der Waals surface area (Å²) in [6.07, 6.45) is 0.471. The van der Waals surface area contributed by atoms with Crippen molar-refractivity contribution in [2.24, 2.45) is 0 Å². The highest BCUT2D eigenvalue weighted by atomic mass is 33.1. The van der Waals surface area contributed by atoms with E-state index in [9.17, 15) is 4.79 Å². The van der Waals surface area contributed by atoms with Crippen LogP contribution in [-0.4, -0.2) is 32.7 Å². The van der Waals surface area contributed by atoms with Crippen molar-refractivity contribution >= 4 is 27.9 Å². The van der Waals surface area contributed by atoms with E-state index in [-0.39, 0.29) is 0 Å². The summed E-state index contributed by atoms with van der Waals surface area (Å²) in [6.45, 7) is 2.15. The predicted molar refractivity (Wildman–Crippen MR) is 83.5 cm³/mol. The van der Waals surface area contributed by atoms with Crippen LogP contribution in [0.2, 0.25) is 0 Å². The van der Waals surface area contributed by atoms with E-state index in [0.29, 0.717) is 6.61 Å². The molecule has 1 aromatic rings. The average Bonchev–Trinajstić information content (AvgIpc) is 2.47. The lowest BCUT2D eigenvalue weighted by molar-refractivity contribution is 0.159. The lowest BCUT2D eigenvalue weighted by atomic mass is 10.1. The van der Waals surface area contributed by atoms with Crippen molar-refractivity contribution in [2.45, 2.75) is 13.3 Å². The molecule has 0 aliphatic heterocycles. The first-order valence-electron chi connectivity index (χ1n) is 6.13. The third-order valence-corrected chi connectivity index (χ3v) is 4.22. The molecule has 0 bridgehead atoms. The summed E-state index contributed by atoms with van der Waals surface area (Å²) < 4.78 is 17.8. The van der Waals surface area contributed by atoms with E-state index in [4.69, 9.17) is 14.2 Å². The van der Waals surface area contributed by atoms with Gasteiger partial charge in [0.2, 0.25) is 0 Å². The molecule has 5 nitrogen and oxygen atoms in total. The standard InChI is InChI=1S/C13H19NO4S2/c1-4-18-13(15)14-20-19-8-7-10-5-6-11(16-2)12(9-10)17-3/h5-6,9H,4,7-8H2,1-3H3,(H,14,15). The van der Waals surface area contributed by atoms with Crippen LogP contribution in [0.1, 0.15) is 12.5 Å². The molecule has 0 spiro atoms. The molecule has 0 radical (unpaired) electrons. The Labute approximate surface area is 127 Å². The number of hydrogen-bond donors (Lipinski definition) is 1. The van der Waals surface area contributed by atoms with Gasteiger partial charge in [0.15, 0.2) is 11.5 Å². The molecule has 0 unspecified atom stereocenters. The first kappa shape index (κ1) is 16.8. The lowest BCUT2D eigenvalue weighted by Crippen LogP contribution is -2.15. The van der Waals surface area contributed by atoms with Crippen molar-refractivity contribution in [1.82, 2.24) is 4.72 Å². The number of amides is 1. The smallest absolute Gasteiger partial charge is 0.417 e. The van der Waals surface area contributed by atoms with Crippen LogP contribution < -0.4 is 14.2 Å². The number of carbonyl (C=O) groups excluding carboxylic acids is 1. The molecule has 112 valence electrons. The minimum absolute atomic E-state index is 0.378. The minimum atomic E-state index is -0.406. The molecule has 1 aromatic carbocycles. The molecule has 1 rings (SSSR count). The van der Waals surface area contributed by atoms with Gasteiger partial charge < -0.3 is 14.2 Å². The molecule has 0 saturated carbocycles. The van der Waals surface area contributed by atoms with Gasteiger partial charge in [0.1, 0.15) is 0 Å². The summed E-state index contributed by atoms with van der Waals surface area (Å²) in [6, 6.07) is 5.86. The predicted octanol–water partition coefficient (Wildman–Crippen LogP) is 3.29. The fourth-order valence-corrected chi connectivity index (χ4v) is 2.93. The Morgan fingerprint density at radius 2 is 2.00 bits per heavy atom. The number of nitrogens with one attached hydrogen (secondary N) is 1. The van der Waals surface area contributed by atoms with E-state index in [2.05, 4.69) is 4.72 Å². The fourth-order valence-electron chi connectivity index (χ4n) is 1.46. The van der Waals surface area contributed by atoms with Crippen LogP contribution in [0.3, 0.4) is 0 Å². The van der Waals surface area contributed by atoms with E-state index in [1.54, 1.807) is 31.9 Å². The van der Waals surface area contributed by atoms with Gasteiger partial charge in [-0.15, -0.1) is 0 Å². The van der Waals surface area contributed by atoms with Gasteiger partial charge in [0, 0.05) is 16.7 Å². The second-order valence-corrected chi connectivity index (χ2v) is 5.89. The summed E-state index contributed by atoms with van der Waals surface area (Å²) in [5.41, 5.74) is 1.16. The zero-order valence-electron chi connectivity index (χ0n) is 11.8. The number of aryl methyl sites for hydroxylation is 1. The van der Waals surface area contributed by atoms with Crippen molar-refractivity contribution in [2.75, 3.05) is 26.6 Å². The molecular weight excluding hydrogens is 298 g/mol. The van der Waals surface area contributed by atoms with Crippen molar-refractivity contribution in [3.05, 3.63) is 23.8 Å². The molecule has 0 saturated heterocycles. The highest BCUT2D eigenvalue weighted by Crippen LogP contribution is 2.28. The number of benzene rings is 1. The van der Waals surface area contributed by atoms with Crippen LogP contribution in [0, 0.1) is 0 Å². The fraction of sp³-hybridized carbons (Fsp3) is 0.462. The molecule has 0 heterocycles. The summed E-state index contributed by atoms with van der Waals surface area (Å²) in [4.78, 5) is 11.0. The molecule has 20 heavy (non-hydrogen) atoms. The van der Waals surface area contributed by atoms with Crippen molar-refractivity contribution in [3.8, 4) is 11.5 Å². The van der Waals surface area contributed by atoms with Crippen LogP contribution in [0.25, 0.3) is 0 Å². The molecule has 0 aliphatic rings. The molecule has 0 aliphatic carbocycles. The van der Waals surface area contributed by atoms with Crippen LogP contribution in [-0.2, 0) is 11.2 Å². The van der Waals surface area contributed by atoms with Gasteiger partial charge in [0.05, 0.1) is 20.8 Å². The van der Waals surface area contributed by atoms with Crippen LogP contribution in [0.15, 0.2) is 18.2 Å². The maximum atomic E-state index is 11.0. The quantitative estimate of drug-likeness (QED) is 0.451. The summed E-state index contributed by atoms with van der Waals surface area (Å²) in [7, 11) is 6.07. The Balaban J connectivity index is 2.30. The number of rotatable bonds is 8. The Kier molecular flexibility index (Phi) is 8.13. The molecule has 1 N–H and O–H groups in total. The zero-order valence-corrected chi connectivity index (χ0v) is 13.4. The third kappa shape index (κ3) is 5.83. The van der Waals surface area contributed by atoms with Crippen LogP contribution in [0.5, 0.6) is 11.5 Å². The van der Waals surface area contributed by atoms with Gasteiger partial charge >= 0.3 is 6.09 Å². The topological polar surface area (TPSA) is 56.8 Å². The largest absolute Gasteiger partial charge is 0.493 e. The SMILES string of the molecule is CCOC(=O)NSSCCc1ccc(OC)c(OC)c1. The first-order valence-corrected chi connectivity index (χ1v) is 8.45. The second kappa shape index (κ2) is 9.66. The van der Waals surface area contributed by atoms with E-state index in [1.807, 2.05) is 18.2 Å². The summed E-state index contributed by atoms with van der Waals surface area (Å²) in [5.74, 6) is 2.32. The molecule has 0 atom stereocenters. The Morgan fingerprint density at radius 1 is 1.25 bits per heavy atom. The zero-order chi connectivity index (χ0) is 14.8. The van der Waals surface area contributed by atoms with Crippen LogP contribution >= 0.6 is 21.8 Å². The molecule has 0 aromatic heterocycles. The molecule has 0 fully saturated rings. The Morgan fingerprint density at radius 3 is 2.65 bits per heavy atom. The molecular formula is C13H19NO4S2. The highest BCUT2D eigenvalue weighted by molar-refractivity contribution is 8.76. The van der Waals surface area contributed by atoms with E-state index >= 15 is 0 Å². The van der Waals surface area contributed by atoms with E-state index in [1.165, 1.54) is 11.0 Å². The van der Waals surface area contributed by atoms with Gasteiger partial charge in [-0.25, -0.2) is 4.79 Å². The van der Waals surface area contributed by atoms with Gasteiger partial charge in [-0.1, -0.05) is 16.9 Å². The molecule has 7 heteroatoms. The van der Waals surface area contributed by atoms with E-state index < -0.39 is 6.09 Å². The average molecular weight is 317 g/mol. The van der Waals surface area contributed by atoms with E-state index in [0.717, 1.165) is 29.2 Å². The second-order valence-electron chi connectivity index (χ2n) is 3.67. The number of carbonyl (C=O) groups is 1. The summed E-state index contributed by atoms with van der Waals surface area (Å²) >= 11 is 0. The Hall–Kier alpha value is -1.21. The lowest BCUT2D eigenvalue weighted by Gasteiger charge is -2.09. The normalized spacial score (nSPS) is 9.95. The number of ether oxygens (including phenoxy) is 3. The van der Waals surface area contributed by atoms with Gasteiger partial charge in [-0.3, -0.25) is 4.72 Å². The van der Waals surface area contributed by atoms with Crippen LogP contribution in [0.4, 0.5) is 4.79 Å². The monoisotopic (exact) mass is 317 g/mol. The summed E-state index contributed by atoms with van der Waals surface area (Å²) in [5, 5.41) is 0.